The van der Waals surface area contributed by atoms with Crippen molar-refractivity contribution in [3.8, 4) is 5.82 Å². The molecule has 126 valence electrons. The second-order valence-corrected chi connectivity index (χ2v) is 6.24. The van der Waals surface area contributed by atoms with Gasteiger partial charge in [0.05, 0.1) is 28.1 Å². The topological polar surface area (TPSA) is 85.8 Å². The summed E-state index contributed by atoms with van der Waals surface area (Å²) in [5.41, 5.74) is 2.59. The first-order chi connectivity index (χ1) is 12.0. The van der Waals surface area contributed by atoms with Crippen LogP contribution < -0.4 is 5.32 Å². The van der Waals surface area contributed by atoms with Crippen molar-refractivity contribution in [1.82, 2.24) is 34.3 Å². The van der Waals surface area contributed by atoms with E-state index in [9.17, 15) is 0 Å². The standard InChI is InChI=1S/C15H12Cl2N8/c1-8-9(2)22-15-19-7-21-25(15)13(8)23-11-5-20-24(6-11)14-12(17)3-10(16)4-18-14/h3-7,23H,1-2H3. The number of aryl methyl sites for hydroxylation is 1. The molecule has 4 rings (SSSR count). The average molecular weight is 375 g/mol. The second-order valence-electron chi connectivity index (χ2n) is 5.40. The number of fused-ring (bicyclic) bond motifs is 1. The van der Waals surface area contributed by atoms with E-state index in [4.69, 9.17) is 23.2 Å². The number of rotatable bonds is 3. The molecule has 0 aliphatic heterocycles. The molecule has 0 aliphatic rings. The van der Waals surface area contributed by atoms with E-state index in [0.717, 1.165) is 22.8 Å². The van der Waals surface area contributed by atoms with E-state index in [1.807, 2.05) is 13.8 Å². The van der Waals surface area contributed by atoms with Crippen LogP contribution in [0.2, 0.25) is 10.0 Å². The van der Waals surface area contributed by atoms with E-state index in [-0.39, 0.29) is 0 Å². The van der Waals surface area contributed by atoms with Crippen LogP contribution in [-0.2, 0) is 0 Å². The van der Waals surface area contributed by atoms with Crippen LogP contribution in [0, 0.1) is 13.8 Å². The molecule has 0 unspecified atom stereocenters. The van der Waals surface area contributed by atoms with Crippen LogP contribution >= 0.6 is 23.2 Å². The summed E-state index contributed by atoms with van der Waals surface area (Å²) in [6.07, 6.45) is 6.44. The van der Waals surface area contributed by atoms with Crippen molar-refractivity contribution in [2.45, 2.75) is 13.8 Å². The summed E-state index contributed by atoms with van der Waals surface area (Å²) in [6, 6.07) is 1.62. The van der Waals surface area contributed by atoms with Gasteiger partial charge in [-0.3, -0.25) is 0 Å². The number of hydrogen-bond acceptors (Lipinski definition) is 6. The Morgan fingerprint density at radius 2 is 1.92 bits per heavy atom. The summed E-state index contributed by atoms with van der Waals surface area (Å²) in [6.45, 7) is 3.89. The van der Waals surface area contributed by atoms with Gasteiger partial charge in [0.1, 0.15) is 12.1 Å². The Morgan fingerprint density at radius 3 is 2.72 bits per heavy atom. The first kappa shape index (κ1) is 15.8. The van der Waals surface area contributed by atoms with Gasteiger partial charge in [-0.25, -0.2) is 14.6 Å². The van der Waals surface area contributed by atoms with Gasteiger partial charge in [-0.1, -0.05) is 23.2 Å². The fraction of sp³-hybridized carbons (Fsp3) is 0.133. The lowest BCUT2D eigenvalue weighted by atomic mass is 10.2. The maximum Gasteiger partial charge on any atom is 0.254 e. The molecule has 4 heterocycles. The van der Waals surface area contributed by atoms with E-state index >= 15 is 0 Å². The Bertz CT molecular complexity index is 1080. The molecule has 25 heavy (non-hydrogen) atoms. The molecule has 0 fully saturated rings. The normalized spacial score (nSPS) is 11.2. The maximum absolute atomic E-state index is 6.18. The van der Waals surface area contributed by atoms with Gasteiger partial charge in [-0.2, -0.15) is 19.7 Å². The summed E-state index contributed by atoms with van der Waals surface area (Å²) >= 11 is 12.1. The summed E-state index contributed by atoms with van der Waals surface area (Å²) in [5.74, 6) is 1.79. The minimum atomic E-state index is 0.414. The SMILES string of the molecule is Cc1nc2ncnn2c(Nc2cnn(-c3ncc(Cl)cc3Cl)c2)c1C. The third kappa shape index (κ3) is 2.79. The highest BCUT2D eigenvalue weighted by Gasteiger charge is 2.13. The molecule has 0 atom stereocenters. The smallest absolute Gasteiger partial charge is 0.254 e. The molecule has 0 aromatic carbocycles. The van der Waals surface area contributed by atoms with Gasteiger partial charge in [0, 0.05) is 17.5 Å². The third-order valence-electron chi connectivity index (χ3n) is 3.76. The van der Waals surface area contributed by atoms with Crippen molar-refractivity contribution in [2.24, 2.45) is 0 Å². The van der Waals surface area contributed by atoms with Gasteiger partial charge in [-0.05, 0) is 19.9 Å². The lowest BCUT2D eigenvalue weighted by Crippen LogP contribution is -2.06. The molecule has 8 nitrogen and oxygen atoms in total. The fourth-order valence-electron chi connectivity index (χ4n) is 2.40. The van der Waals surface area contributed by atoms with Gasteiger partial charge in [0.15, 0.2) is 5.82 Å². The first-order valence-corrected chi connectivity index (χ1v) is 8.08. The van der Waals surface area contributed by atoms with Crippen LogP contribution in [0.1, 0.15) is 11.3 Å². The average Bonchev–Trinajstić information content (AvgIpc) is 3.21. The Kier molecular flexibility index (Phi) is 3.78. The van der Waals surface area contributed by atoms with E-state index in [1.165, 1.54) is 12.5 Å². The molecule has 4 aromatic heterocycles. The molecule has 1 N–H and O–H groups in total. The van der Waals surface area contributed by atoms with Crippen molar-refractivity contribution in [2.75, 3.05) is 5.32 Å². The van der Waals surface area contributed by atoms with E-state index in [0.29, 0.717) is 21.6 Å². The zero-order valence-corrected chi connectivity index (χ0v) is 14.8. The minimum absolute atomic E-state index is 0.414. The number of hydrogen-bond donors (Lipinski definition) is 1. The van der Waals surface area contributed by atoms with Gasteiger partial charge in [0.2, 0.25) is 0 Å². The quantitative estimate of drug-likeness (QED) is 0.591. The first-order valence-electron chi connectivity index (χ1n) is 7.33. The summed E-state index contributed by atoms with van der Waals surface area (Å²) in [5, 5.41) is 12.7. The predicted octanol–water partition coefficient (Wildman–Crippen LogP) is 3.37. The van der Waals surface area contributed by atoms with Crippen LogP contribution in [0.15, 0.2) is 31.0 Å². The highest BCUT2D eigenvalue weighted by molar-refractivity contribution is 6.35. The maximum atomic E-state index is 6.18. The number of aromatic nitrogens is 7. The van der Waals surface area contributed by atoms with Crippen molar-refractivity contribution in [3.63, 3.8) is 0 Å². The summed E-state index contributed by atoms with van der Waals surface area (Å²) in [7, 11) is 0. The Labute approximate surface area is 152 Å². The number of halogens is 2. The Morgan fingerprint density at radius 1 is 1.08 bits per heavy atom. The van der Waals surface area contributed by atoms with E-state index < -0.39 is 0 Å². The van der Waals surface area contributed by atoms with Crippen molar-refractivity contribution < 1.29 is 0 Å². The molecule has 0 radical (unpaired) electrons. The summed E-state index contributed by atoms with van der Waals surface area (Å²) < 4.78 is 3.22. The van der Waals surface area contributed by atoms with Crippen molar-refractivity contribution in [3.05, 3.63) is 52.3 Å². The Balaban J connectivity index is 1.73. The molecule has 0 saturated heterocycles. The van der Waals surface area contributed by atoms with Crippen LogP contribution in [0.4, 0.5) is 11.5 Å². The molecule has 0 saturated carbocycles. The highest BCUT2D eigenvalue weighted by Crippen LogP contribution is 2.25. The fourth-order valence-corrected chi connectivity index (χ4v) is 2.86. The number of nitrogens with zero attached hydrogens (tertiary/aromatic N) is 7. The molecule has 4 aromatic rings. The van der Waals surface area contributed by atoms with E-state index in [2.05, 4.69) is 30.5 Å². The van der Waals surface area contributed by atoms with Gasteiger partial charge >= 0.3 is 0 Å². The molecule has 0 aliphatic carbocycles. The van der Waals surface area contributed by atoms with Gasteiger partial charge in [0.25, 0.3) is 5.78 Å². The third-order valence-corrected chi connectivity index (χ3v) is 4.24. The van der Waals surface area contributed by atoms with Crippen LogP contribution in [0.5, 0.6) is 0 Å². The molecule has 0 bridgehead atoms. The molecule has 10 heteroatoms. The number of anilines is 2. The highest BCUT2D eigenvalue weighted by atomic mass is 35.5. The molecular weight excluding hydrogens is 363 g/mol. The molecule has 0 amide bonds. The van der Waals surface area contributed by atoms with Crippen LogP contribution in [0.25, 0.3) is 11.6 Å². The largest absolute Gasteiger partial charge is 0.337 e. The van der Waals surface area contributed by atoms with Gasteiger partial charge in [-0.15, -0.1) is 0 Å². The van der Waals surface area contributed by atoms with Gasteiger partial charge < -0.3 is 5.32 Å². The monoisotopic (exact) mass is 374 g/mol. The van der Waals surface area contributed by atoms with Crippen LogP contribution in [-0.4, -0.2) is 34.3 Å². The Hall–Kier alpha value is -2.71. The minimum Gasteiger partial charge on any atom is -0.337 e. The van der Waals surface area contributed by atoms with Crippen molar-refractivity contribution in [1.29, 1.82) is 0 Å². The van der Waals surface area contributed by atoms with Crippen LogP contribution in [0.3, 0.4) is 0 Å². The van der Waals surface area contributed by atoms with E-state index in [1.54, 1.807) is 27.7 Å². The number of nitrogens with one attached hydrogen (secondary N) is 1. The lowest BCUT2D eigenvalue weighted by Gasteiger charge is -2.10. The molecular formula is C15H12Cl2N8. The predicted molar refractivity (Wildman–Crippen MR) is 94.9 cm³/mol. The zero-order chi connectivity index (χ0) is 17.6. The summed E-state index contributed by atoms with van der Waals surface area (Å²) in [4.78, 5) is 12.7. The second kappa shape index (κ2) is 5.98. The molecule has 0 spiro atoms. The number of pyridine rings is 1. The van der Waals surface area contributed by atoms with Crippen molar-refractivity contribution >= 4 is 40.5 Å². The zero-order valence-electron chi connectivity index (χ0n) is 13.3. The lowest BCUT2D eigenvalue weighted by molar-refractivity contribution is 0.847.